The number of nitriles is 1. The quantitative estimate of drug-likeness (QED) is 0.445. The largest absolute Gasteiger partial charge is 0.192 e. The first-order valence-corrected chi connectivity index (χ1v) is 12.8. The molecule has 0 aliphatic heterocycles. The number of hydrogen-bond donors (Lipinski definition) is 0. The molecule has 0 unspecified atom stereocenters. The van der Waals surface area contributed by atoms with Crippen molar-refractivity contribution in [1.29, 1.82) is 5.26 Å². The van der Waals surface area contributed by atoms with Crippen LogP contribution in [0.5, 0.6) is 0 Å². The van der Waals surface area contributed by atoms with Crippen LogP contribution in [-0.4, -0.2) is 0 Å². The van der Waals surface area contributed by atoms with E-state index >= 15 is 0 Å². The lowest BCUT2D eigenvalue weighted by Gasteiger charge is -2.47. The van der Waals surface area contributed by atoms with E-state index in [9.17, 15) is 0 Å². The Kier molecular flexibility index (Phi) is 7.49. The summed E-state index contributed by atoms with van der Waals surface area (Å²) in [6.45, 7) is 2.35. The average molecular weight is 414 g/mol. The first-order valence-electron chi connectivity index (χ1n) is 12.8. The summed E-state index contributed by atoms with van der Waals surface area (Å²) in [6, 6.07) is 19.3. The van der Waals surface area contributed by atoms with Crippen molar-refractivity contribution in [3.05, 3.63) is 59.7 Å². The molecule has 2 aromatic rings. The van der Waals surface area contributed by atoms with E-state index in [0.717, 1.165) is 17.4 Å². The lowest BCUT2D eigenvalue weighted by atomic mass is 9.58. The third-order valence-electron chi connectivity index (χ3n) is 8.48. The Balaban J connectivity index is 1.42. The Morgan fingerprint density at radius 2 is 1.45 bits per heavy atom. The van der Waals surface area contributed by atoms with Gasteiger partial charge in [0, 0.05) is 0 Å². The maximum atomic E-state index is 9.01. The van der Waals surface area contributed by atoms with Gasteiger partial charge in [-0.05, 0) is 97.4 Å². The molecular weight excluding hydrogens is 374 g/mol. The maximum absolute atomic E-state index is 9.01. The second kappa shape index (κ2) is 10.5. The summed E-state index contributed by atoms with van der Waals surface area (Å²) < 4.78 is 0. The smallest absolute Gasteiger partial charge is 0.0991 e. The van der Waals surface area contributed by atoms with Gasteiger partial charge in [-0.25, -0.2) is 0 Å². The molecule has 2 aromatic carbocycles. The zero-order valence-corrected chi connectivity index (χ0v) is 19.4. The van der Waals surface area contributed by atoms with Crippen molar-refractivity contribution in [3.8, 4) is 17.2 Å². The van der Waals surface area contributed by atoms with E-state index < -0.39 is 0 Å². The van der Waals surface area contributed by atoms with Crippen molar-refractivity contribution in [1.82, 2.24) is 0 Å². The van der Waals surface area contributed by atoms with Gasteiger partial charge in [-0.2, -0.15) is 5.26 Å². The Hall–Kier alpha value is -2.07. The van der Waals surface area contributed by atoms with Gasteiger partial charge in [0.05, 0.1) is 11.6 Å². The van der Waals surface area contributed by atoms with Crippen molar-refractivity contribution in [3.63, 3.8) is 0 Å². The molecule has 164 valence electrons. The Labute approximate surface area is 189 Å². The molecule has 0 amide bonds. The molecule has 1 nitrogen and oxygen atoms in total. The van der Waals surface area contributed by atoms with E-state index in [4.69, 9.17) is 5.26 Å². The first-order chi connectivity index (χ1) is 15.2. The van der Waals surface area contributed by atoms with E-state index in [1.165, 1.54) is 100 Å². The fourth-order valence-corrected chi connectivity index (χ4v) is 6.52. The molecule has 0 atom stereocenters. The van der Waals surface area contributed by atoms with Gasteiger partial charge in [0.1, 0.15) is 0 Å². The summed E-state index contributed by atoms with van der Waals surface area (Å²) >= 11 is 0. The van der Waals surface area contributed by atoms with E-state index in [1.807, 2.05) is 12.1 Å². The van der Waals surface area contributed by atoms with Crippen LogP contribution >= 0.6 is 0 Å². The second-order valence-corrected chi connectivity index (χ2v) is 10.3. The van der Waals surface area contributed by atoms with Crippen molar-refractivity contribution in [2.75, 3.05) is 0 Å². The molecule has 2 saturated carbocycles. The number of benzene rings is 2. The molecular formula is C30H39N. The van der Waals surface area contributed by atoms with Gasteiger partial charge in [0.15, 0.2) is 0 Å². The van der Waals surface area contributed by atoms with E-state index in [-0.39, 0.29) is 0 Å². The number of aryl methyl sites for hydroxylation is 1. The summed E-state index contributed by atoms with van der Waals surface area (Å²) in [5, 5.41) is 9.01. The monoisotopic (exact) mass is 413 g/mol. The highest BCUT2D eigenvalue weighted by Crippen LogP contribution is 2.52. The highest BCUT2D eigenvalue weighted by Gasteiger charge is 2.41. The second-order valence-electron chi connectivity index (χ2n) is 10.3. The predicted molar refractivity (Wildman–Crippen MR) is 131 cm³/mol. The summed E-state index contributed by atoms with van der Waals surface area (Å²) in [5.74, 6) is 1.97. The number of hydrogen-bond acceptors (Lipinski definition) is 1. The van der Waals surface area contributed by atoms with Crippen molar-refractivity contribution in [2.24, 2.45) is 17.3 Å². The standard InChI is InChI=1S/C30H39N/c1-2-6-24-17-20-30(21-18-24,29-7-4-3-5-8-29)22-19-25-9-13-27(14-10-25)28-15-11-26(23-31)12-16-28/h9-16,24,29H,2-8,17-22H2,1H3/t24-,30+. The van der Waals surface area contributed by atoms with Crippen molar-refractivity contribution < 1.29 is 0 Å². The van der Waals surface area contributed by atoms with Crippen LogP contribution in [-0.2, 0) is 6.42 Å². The molecule has 2 aliphatic carbocycles. The fraction of sp³-hybridized carbons (Fsp3) is 0.567. The molecule has 31 heavy (non-hydrogen) atoms. The zero-order chi connectivity index (χ0) is 21.5. The highest BCUT2D eigenvalue weighted by molar-refractivity contribution is 5.64. The topological polar surface area (TPSA) is 23.8 Å². The van der Waals surface area contributed by atoms with E-state index in [0.29, 0.717) is 5.41 Å². The molecule has 0 spiro atoms. The van der Waals surface area contributed by atoms with Gasteiger partial charge in [0.25, 0.3) is 0 Å². The summed E-state index contributed by atoms with van der Waals surface area (Å²) in [6.07, 6.45) is 18.7. The molecule has 1 heteroatoms. The molecule has 0 aromatic heterocycles. The Morgan fingerprint density at radius 3 is 2.03 bits per heavy atom. The van der Waals surface area contributed by atoms with Crippen molar-refractivity contribution in [2.45, 2.75) is 90.4 Å². The molecule has 0 radical (unpaired) electrons. The van der Waals surface area contributed by atoms with Crippen LogP contribution in [0.25, 0.3) is 11.1 Å². The van der Waals surface area contributed by atoms with Crippen LogP contribution in [0.2, 0.25) is 0 Å². The maximum Gasteiger partial charge on any atom is 0.0991 e. The van der Waals surface area contributed by atoms with Gasteiger partial charge in [0.2, 0.25) is 0 Å². The lowest BCUT2D eigenvalue weighted by molar-refractivity contribution is 0.0382. The molecule has 2 aliphatic rings. The molecule has 2 fully saturated rings. The fourth-order valence-electron chi connectivity index (χ4n) is 6.52. The first kappa shape index (κ1) is 22.1. The summed E-state index contributed by atoms with van der Waals surface area (Å²) in [7, 11) is 0. The van der Waals surface area contributed by atoms with Crippen LogP contribution in [0.4, 0.5) is 0 Å². The summed E-state index contributed by atoms with van der Waals surface area (Å²) in [5.41, 5.74) is 5.26. The van der Waals surface area contributed by atoms with E-state index in [2.05, 4.69) is 49.4 Å². The van der Waals surface area contributed by atoms with Crippen LogP contribution in [0, 0.1) is 28.6 Å². The minimum atomic E-state index is 0.608. The average Bonchev–Trinajstić information content (AvgIpc) is 2.85. The SMILES string of the molecule is CCC[C@H]1CC[C@@](CCc2ccc(-c3ccc(C#N)cc3)cc2)(C2CCCCC2)CC1. The van der Waals surface area contributed by atoms with Crippen molar-refractivity contribution >= 4 is 0 Å². The van der Waals surface area contributed by atoms with Crippen LogP contribution in [0.15, 0.2) is 48.5 Å². The van der Waals surface area contributed by atoms with Crippen LogP contribution in [0.3, 0.4) is 0 Å². The normalized spacial score (nSPS) is 24.6. The highest BCUT2D eigenvalue weighted by atomic mass is 14.5. The third kappa shape index (κ3) is 5.41. The van der Waals surface area contributed by atoms with Gasteiger partial charge >= 0.3 is 0 Å². The Bertz CT molecular complexity index is 841. The van der Waals surface area contributed by atoms with Gasteiger partial charge in [-0.15, -0.1) is 0 Å². The van der Waals surface area contributed by atoms with Crippen LogP contribution < -0.4 is 0 Å². The molecule has 0 bridgehead atoms. The van der Waals surface area contributed by atoms with E-state index in [1.54, 1.807) is 0 Å². The van der Waals surface area contributed by atoms with Gasteiger partial charge in [-0.1, -0.05) is 75.4 Å². The summed E-state index contributed by atoms with van der Waals surface area (Å²) in [4.78, 5) is 0. The molecule has 4 rings (SSSR count). The minimum Gasteiger partial charge on any atom is -0.192 e. The van der Waals surface area contributed by atoms with Gasteiger partial charge < -0.3 is 0 Å². The molecule has 0 N–H and O–H groups in total. The molecule has 0 heterocycles. The van der Waals surface area contributed by atoms with Gasteiger partial charge in [-0.3, -0.25) is 0 Å². The number of nitrogens with zero attached hydrogens (tertiary/aromatic N) is 1. The third-order valence-corrected chi connectivity index (χ3v) is 8.48. The van der Waals surface area contributed by atoms with Crippen LogP contribution in [0.1, 0.15) is 95.1 Å². The minimum absolute atomic E-state index is 0.608. The Morgan fingerprint density at radius 1 is 0.839 bits per heavy atom. The zero-order valence-electron chi connectivity index (χ0n) is 19.4. The number of rotatable bonds is 7. The molecule has 0 saturated heterocycles. The predicted octanol–water partition coefficient (Wildman–Crippen LogP) is 8.71. The lowest BCUT2D eigenvalue weighted by Crippen LogP contribution is -2.36.